The largest absolute Gasteiger partial charge is 0.300 e. The van der Waals surface area contributed by atoms with Gasteiger partial charge < -0.3 is 0 Å². The standard InChI is InChI=1S/C22H32O2/c1-13-11-16-18-6-5-17(14(2)23)21(18,3)10-8-19(16)22(4)9-7-15(24)12-20(13)22/h12-13,16-19H,5-11H2,1-4H3/t13-,16-,17+,18?,19-,21+,22+/m0/s1. The molecular weight excluding hydrogens is 296 g/mol. The summed E-state index contributed by atoms with van der Waals surface area (Å²) in [6, 6.07) is 0. The first kappa shape index (κ1) is 16.5. The highest BCUT2D eigenvalue weighted by Gasteiger charge is 2.60. The van der Waals surface area contributed by atoms with E-state index in [4.69, 9.17) is 0 Å². The molecule has 0 spiro atoms. The molecule has 4 rings (SSSR count). The number of allylic oxidation sites excluding steroid dienone is 1. The van der Waals surface area contributed by atoms with Gasteiger partial charge in [-0.25, -0.2) is 0 Å². The molecule has 0 aliphatic heterocycles. The van der Waals surface area contributed by atoms with Gasteiger partial charge in [0.1, 0.15) is 5.78 Å². The topological polar surface area (TPSA) is 34.1 Å². The Hall–Kier alpha value is -0.920. The van der Waals surface area contributed by atoms with E-state index in [1.807, 2.05) is 13.0 Å². The van der Waals surface area contributed by atoms with Crippen LogP contribution in [0.4, 0.5) is 0 Å². The lowest BCUT2D eigenvalue weighted by Gasteiger charge is -2.59. The van der Waals surface area contributed by atoms with Crippen LogP contribution in [0, 0.1) is 40.4 Å². The van der Waals surface area contributed by atoms with Gasteiger partial charge in [-0.15, -0.1) is 0 Å². The SMILES string of the molecule is CC(=O)[C@H]1CCC2[C@@H]3C[C@H](C)C4=CC(=O)CC[C@]4(C)[C@H]3CC[C@@]21C. The Balaban J connectivity index is 1.71. The van der Waals surface area contributed by atoms with E-state index in [-0.39, 0.29) is 16.7 Å². The van der Waals surface area contributed by atoms with Crippen LogP contribution >= 0.6 is 0 Å². The zero-order valence-corrected chi connectivity index (χ0v) is 15.7. The van der Waals surface area contributed by atoms with Crippen molar-refractivity contribution in [3.05, 3.63) is 11.6 Å². The molecule has 4 aliphatic rings. The molecular formula is C22H32O2. The molecule has 2 heteroatoms. The van der Waals surface area contributed by atoms with Crippen LogP contribution in [-0.2, 0) is 9.59 Å². The Morgan fingerprint density at radius 2 is 1.88 bits per heavy atom. The molecule has 1 unspecified atom stereocenters. The number of hydrogen-bond donors (Lipinski definition) is 0. The minimum atomic E-state index is 0.228. The highest BCUT2D eigenvalue weighted by molar-refractivity contribution is 5.91. The summed E-state index contributed by atoms with van der Waals surface area (Å²) in [7, 11) is 0. The van der Waals surface area contributed by atoms with E-state index >= 15 is 0 Å². The maximum atomic E-state index is 12.2. The lowest BCUT2D eigenvalue weighted by Crippen LogP contribution is -2.52. The summed E-state index contributed by atoms with van der Waals surface area (Å²) >= 11 is 0. The third-order valence-electron chi connectivity index (χ3n) is 8.77. The van der Waals surface area contributed by atoms with Gasteiger partial charge in [-0.05, 0) is 86.0 Å². The van der Waals surface area contributed by atoms with E-state index in [0.29, 0.717) is 23.4 Å². The number of Topliss-reactive ketones (excluding diaryl/α,β-unsaturated/α-hetero) is 1. The van der Waals surface area contributed by atoms with E-state index in [0.717, 1.165) is 31.1 Å². The average Bonchev–Trinajstić information content (AvgIpc) is 2.87. The van der Waals surface area contributed by atoms with E-state index in [2.05, 4.69) is 20.8 Å². The molecule has 0 aromatic carbocycles. The first-order valence-corrected chi connectivity index (χ1v) is 10.0. The lowest BCUT2D eigenvalue weighted by atomic mass is 9.45. The van der Waals surface area contributed by atoms with Crippen LogP contribution in [0.3, 0.4) is 0 Å². The predicted octanol–water partition coefficient (Wildman–Crippen LogP) is 4.97. The van der Waals surface area contributed by atoms with E-state index in [1.165, 1.54) is 31.3 Å². The van der Waals surface area contributed by atoms with Crippen LogP contribution in [-0.4, -0.2) is 11.6 Å². The van der Waals surface area contributed by atoms with Crippen molar-refractivity contribution in [2.45, 2.75) is 72.6 Å². The summed E-state index contributed by atoms with van der Waals surface area (Å²) in [6.07, 6.45) is 9.80. The molecule has 0 amide bonds. The third kappa shape index (κ3) is 2.07. The van der Waals surface area contributed by atoms with Gasteiger partial charge in [0, 0.05) is 12.3 Å². The van der Waals surface area contributed by atoms with Crippen molar-refractivity contribution in [2.75, 3.05) is 0 Å². The molecule has 0 bridgehead atoms. The van der Waals surface area contributed by atoms with E-state index in [9.17, 15) is 9.59 Å². The highest BCUT2D eigenvalue weighted by Crippen LogP contribution is 2.67. The Bertz CT molecular complexity index is 617. The molecule has 0 N–H and O–H groups in total. The molecule has 0 saturated heterocycles. The Morgan fingerprint density at radius 1 is 1.12 bits per heavy atom. The van der Waals surface area contributed by atoms with Crippen LogP contribution in [0.25, 0.3) is 0 Å². The van der Waals surface area contributed by atoms with E-state index < -0.39 is 0 Å². The van der Waals surface area contributed by atoms with Gasteiger partial charge in [0.15, 0.2) is 5.78 Å². The Morgan fingerprint density at radius 3 is 2.58 bits per heavy atom. The second kappa shape index (κ2) is 5.29. The second-order valence-electron chi connectivity index (χ2n) is 9.78. The molecule has 0 heterocycles. The Kier molecular flexibility index (Phi) is 3.64. The zero-order valence-electron chi connectivity index (χ0n) is 15.7. The summed E-state index contributed by atoms with van der Waals surface area (Å²) in [4.78, 5) is 24.2. The number of rotatable bonds is 1. The van der Waals surface area contributed by atoms with Gasteiger partial charge in [-0.1, -0.05) is 26.3 Å². The van der Waals surface area contributed by atoms with Gasteiger partial charge in [-0.2, -0.15) is 0 Å². The summed E-state index contributed by atoms with van der Waals surface area (Å²) in [5.74, 6) is 3.75. The minimum absolute atomic E-state index is 0.228. The molecule has 24 heavy (non-hydrogen) atoms. The fourth-order valence-corrected chi connectivity index (χ4v) is 7.65. The predicted molar refractivity (Wildman–Crippen MR) is 95.4 cm³/mol. The molecule has 2 nitrogen and oxygen atoms in total. The van der Waals surface area contributed by atoms with Gasteiger partial charge in [0.05, 0.1) is 0 Å². The molecule has 0 aromatic rings. The smallest absolute Gasteiger partial charge is 0.155 e. The summed E-state index contributed by atoms with van der Waals surface area (Å²) < 4.78 is 0. The monoisotopic (exact) mass is 328 g/mol. The van der Waals surface area contributed by atoms with Gasteiger partial charge >= 0.3 is 0 Å². The lowest BCUT2D eigenvalue weighted by molar-refractivity contribution is -0.129. The van der Waals surface area contributed by atoms with Crippen LogP contribution in [0.2, 0.25) is 0 Å². The average molecular weight is 328 g/mol. The minimum Gasteiger partial charge on any atom is -0.300 e. The summed E-state index contributed by atoms with van der Waals surface area (Å²) in [5.41, 5.74) is 1.91. The summed E-state index contributed by atoms with van der Waals surface area (Å²) in [5, 5.41) is 0. The van der Waals surface area contributed by atoms with Crippen molar-refractivity contribution in [3.8, 4) is 0 Å². The molecule has 0 aromatic heterocycles. The first-order valence-electron chi connectivity index (χ1n) is 10.0. The van der Waals surface area contributed by atoms with Crippen molar-refractivity contribution in [3.63, 3.8) is 0 Å². The number of hydrogen-bond acceptors (Lipinski definition) is 2. The maximum Gasteiger partial charge on any atom is 0.155 e. The van der Waals surface area contributed by atoms with Crippen LogP contribution < -0.4 is 0 Å². The number of carbonyl (C=O) groups excluding carboxylic acids is 2. The van der Waals surface area contributed by atoms with Crippen molar-refractivity contribution in [1.29, 1.82) is 0 Å². The summed E-state index contributed by atoms with van der Waals surface area (Å²) in [6.45, 7) is 9.00. The number of ketones is 2. The van der Waals surface area contributed by atoms with Crippen molar-refractivity contribution in [1.82, 2.24) is 0 Å². The van der Waals surface area contributed by atoms with Crippen molar-refractivity contribution >= 4 is 11.6 Å². The normalized spacial score (nSPS) is 50.6. The van der Waals surface area contributed by atoms with Crippen molar-refractivity contribution < 1.29 is 9.59 Å². The fourth-order valence-electron chi connectivity index (χ4n) is 7.65. The number of carbonyl (C=O) groups is 2. The molecule has 0 radical (unpaired) electrons. The quantitative estimate of drug-likeness (QED) is 0.681. The number of fused-ring (bicyclic) bond motifs is 5. The van der Waals surface area contributed by atoms with Crippen LogP contribution in [0.1, 0.15) is 72.6 Å². The van der Waals surface area contributed by atoms with Crippen molar-refractivity contribution in [2.24, 2.45) is 40.4 Å². The molecule has 132 valence electrons. The molecule has 4 aliphatic carbocycles. The Labute approximate surface area is 146 Å². The second-order valence-corrected chi connectivity index (χ2v) is 9.78. The maximum absolute atomic E-state index is 12.2. The van der Waals surface area contributed by atoms with Gasteiger partial charge in [0.2, 0.25) is 0 Å². The highest BCUT2D eigenvalue weighted by atomic mass is 16.1. The molecule has 3 saturated carbocycles. The van der Waals surface area contributed by atoms with Crippen LogP contribution in [0.15, 0.2) is 11.6 Å². The first-order chi connectivity index (χ1) is 11.3. The van der Waals surface area contributed by atoms with E-state index in [1.54, 1.807) is 0 Å². The third-order valence-corrected chi connectivity index (χ3v) is 8.77. The fraction of sp³-hybridized carbons (Fsp3) is 0.818. The molecule has 7 atom stereocenters. The zero-order chi connectivity index (χ0) is 17.3. The van der Waals surface area contributed by atoms with Gasteiger partial charge in [0.25, 0.3) is 0 Å². The van der Waals surface area contributed by atoms with Gasteiger partial charge in [-0.3, -0.25) is 9.59 Å². The molecule has 3 fully saturated rings. The van der Waals surface area contributed by atoms with Crippen LogP contribution in [0.5, 0.6) is 0 Å².